The molecule has 1 aliphatic carbocycles. The van der Waals surface area contributed by atoms with Crippen LogP contribution in [0.4, 0.5) is 0 Å². The van der Waals surface area contributed by atoms with Gasteiger partial charge in [0.1, 0.15) is 0 Å². The van der Waals surface area contributed by atoms with Gasteiger partial charge in [-0.2, -0.15) is 0 Å². The van der Waals surface area contributed by atoms with Gasteiger partial charge in [0, 0.05) is 16.1 Å². The molecule has 2 rings (SSSR count). The van der Waals surface area contributed by atoms with E-state index < -0.39 is 0 Å². The SMILES string of the molecule is CNC1CCC(OCc2cc(Cl)ccc2Cl)CC1. The molecule has 0 heterocycles. The summed E-state index contributed by atoms with van der Waals surface area (Å²) in [6, 6.07) is 6.15. The second kappa shape index (κ2) is 6.76. The van der Waals surface area contributed by atoms with Crippen LogP contribution in [0.15, 0.2) is 18.2 Å². The molecular formula is C14H19Cl2NO. The molecule has 18 heavy (non-hydrogen) atoms. The van der Waals surface area contributed by atoms with E-state index in [9.17, 15) is 0 Å². The van der Waals surface area contributed by atoms with E-state index in [-0.39, 0.29) is 0 Å². The van der Waals surface area contributed by atoms with Crippen molar-refractivity contribution in [1.82, 2.24) is 5.32 Å². The summed E-state index contributed by atoms with van der Waals surface area (Å²) in [4.78, 5) is 0. The van der Waals surface area contributed by atoms with Crippen molar-refractivity contribution < 1.29 is 4.74 Å². The van der Waals surface area contributed by atoms with Gasteiger partial charge in [-0.1, -0.05) is 23.2 Å². The third-order valence-electron chi connectivity index (χ3n) is 3.56. The third kappa shape index (κ3) is 3.86. The predicted molar refractivity (Wildman–Crippen MR) is 76.4 cm³/mol. The lowest BCUT2D eigenvalue weighted by Gasteiger charge is -2.28. The number of nitrogens with one attached hydrogen (secondary N) is 1. The minimum absolute atomic E-state index is 0.352. The molecule has 4 heteroatoms. The molecule has 0 aliphatic heterocycles. The third-order valence-corrected chi connectivity index (χ3v) is 4.17. The Morgan fingerprint density at radius 1 is 1.22 bits per heavy atom. The lowest BCUT2D eigenvalue weighted by atomic mass is 9.93. The van der Waals surface area contributed by atoms with E-state index >= 15 is 0 Å². The lowest BCUT2D eigenvalue weighted by Crippen LogP contribution is -2.32. The zero-order valence-corrected chi connectivity index (χ0v) is 12.1. The Morgan fingerprint density at radius 2 is 1.94 bits per heavy atom. The van der Waals surface area contributed by atoms with Crippen LogP contribution >= 0.6 is 23.2 Å². The first kappa shape index (κ1) is 14.1. The number of ether oxygens (including phenoxy) is 1. The molecule has 0 bridgehead atoms. The predicted octanol–water partition coefficient (Wildman–Crippen LogP) is 4.04. The fourth-order valence-corrected chi connectivity index (χ4v) is 2.75. The van der Waals surface area contributed by atoms with Crippen molar-refractivity contribution in [2.24, 2.45) is 0 Å². The van der Waals surface area contributed by atoms with E-state index in [2.05, 4.69) is 5.32 Å². The smallest absolute Gasteiger partial charge is 0.0735 e. The Morgan fingerprint density at radius 3 is 2.61 bits per heavy atom. The summed E-state index contributed by atoms with van der Waals surface area (Å²) >= 11 is 12.1. The van der Waals surface area contributed by atoms with Gasteiger partial charge in [-0.25, -0.2) is 0 Å². The summed E-state index contributed by atoms with van der Waals surface area (Å²) in [6.45, 7) is 0.550. The highest BCUT2D eigenvalue weighted by Crippen LogP contribution is 2.25. The first-order valence-electron chi connectivity index (χ1n) is 6.42. The zero-order chi connectivity index (χ0) is 13.0. The molecule has 1 fully saturated rings. The average Bonchev–Trinajstić information content (AvgIpc) is 2.40. The Bertz CT molecular complexity index is 389. The van der Waals surface area contributed by atoms with Crippen molar-refractivity contribution in [2.45, 2.75) is 44.4 Å². The minimum Gasteiger partial charge on any atom is -0.373 e. The maximum Gasteiger partial charge on any atom is 0.0735 e. The van der Waals surface area contributed by atoms with E-state index in [4.69, 9.17) is 27.9 Å². The molecule has 1 aromatic rings. The second-order valence-corrected chi connectivity index (χ2v) is 5.65. The number of hydrogen-bond acceptors (Lipinski definition) is 2. The van der Waals surface area contributed by atoms with Crippen molar-refractivity contribution in [3.8, 4) is 0 Å². The van der Waals surface area contributed by atoms with Gasteiger partial charge in [0.25, 0.3) is 0 Å². The first-order chi connectivity index (χ1) is 8.69. The largest absolute Gasteiger partial charge is 0.373 e. The number of benzene rings is 1. The molecule has 1 aliphatic rings. The fourth-order valence-electron chi connectivity index (χ4n) is 2.38. The summed E-state index contributed by atoms with van der Waals surface area (Å²) < 4.78 is 5.93. The van der Waals surface area contributed by atoms with Gasteiger partial charge >= 0.3 is 0 Å². The maximum atomic E-state index is 6.11. The van der Waals surface area contributed by atoms with Crippen LogP contribution in [0.3, 0.4) is 0 Å². The molecule has 0 atom stereocenters. The second-order valence-electron chi connectivity index (χ2n) is 4.81. The van der Waals surface area contributed by atoms with Gasteiger partial charge in [0.05, 0.1) is 12.7 Å². The molecule has 0 amide bonds. The molecule has 2 nitrogen and oxygen atoms in total. The quantitative estimate of drug-likeness (QED) is 0.902. The molecule has 0 aromatic heterocycles. The number of halogens is 2. The van der Waals surface area contributed by atoms with E-state index in [0.717, 1.165) is 23.4 Å². The normalized spacial score (nSPS) is 24.2. The van der Waals surface area contributed by atoms with Gasteiger partial charge in [0.2, 0.25) is 0 Å². The van der Waals surface area contributed by atoms with E-state index in [1.165, 1.54) is 12.8 Å². The molecule has 1 N–H and O–H groups in total. The van der Waals surface area contributed by atoms with Gasteiger partial charge in [0.15, 0.2) is 0 Å². The molecule has 0 unspecified atom stereocenters. The van der Waals surface area contributed by atoms with Gasteiger partial charge in [-0.05, 0) is 56.5 Å². The fraction of sp³-hybridized carbons (Fsp3) is 0.571. The van der Waals surface area contributed by atoms with E-state index in [1.807, 2.05) is 19.2 Å². The Kier molecular flexibility index (Phi) is 5.31. The molecule has 0 radical (unpaired) electrons. The van der Waals surface area contributed by atoms with Crippen molar-refractivity contribution in [3.63, 3.8) is 0 Å². The molecule has 1 aromatic carbocycles. The van der Waals surface area contributed by atoms with Crippen molar-refractivity contribution in [1.29, 1.82) is 0 Å². The van der Waals surface area contributed by atoms with Crippen LogP contribution in [0.1, 0.15) is 31.2 Å². The summed E-state index contributed by atoms with van der Waals surface area (Å²) in [7, 11) is 2.03. The van der Waals surface area contributed by atoms with Gasteiger partial charge in [-0.15, -0.1) is 0 Å². The Balaban J connectivity index is 1.83. The molecular weight excluding hydrogens is 269 g/mol. The van der Waals surface area contributed by atoms with Crippen LogP contribution in [-0.4, -0.2) is 19.2 Å². The van der Waals surface area contributed by atoms with Crippen LogP contribution in [0.2, 0.25) is 10.0 Å². The number of rotatable bonds is 4. The molecule has 0 saturated heterocycles. The van der Waals surface area contributed by atoms with E-state index in [0.29, 0.717) is 23.8 Å². The van der Waals surface area contributed by atoms with Crippen molar-refractivity contribution >= 4 is 23.2 Å². The zero-order valence-electron chi connectivity index (χ0n) is 10.6. The summed E-state index contributed by atoms with van der Waals surface area (Å²) in [5.74, 6) is 0. The van der Waals surface area contributed by atoms with Gasteiger partial charge < -0.3 is 10.1 Å². The Hall–Kier alpha value is -0.280. The molecule has 1 saturated carbocycles. The Labute approximate surface area is 119 Å². The highest BCUT2D eigenvalue weighted by molar-refractivity contribution is 6.33. The number of hydrogen-bond donors (Lipinski definition) is 1. The topological polar surface area (TPSA) is 21.3 Å². The van der Waals surface area contributed by atoms with Gasteiger partial charge in [-0.3, -0.25) is 0 Å². The van der Waals surface area contributed by atoms with E-state index in [1.54, 1.807) is 6.07 Å². The molecule has 0 spiro atoms. The highest BCUT2D eigenvalue weighted by Gasteiger charge is 2.20. The van der Waals surface area contributed by atoms with Crippen LogP contribution in [-0.2, 0) is 11.3 Å². The highest BCUT2D eigenvalue weighted by atomic mass is 35.5. The van der Waals surface area contributed by atoms with Crippen LogP contribution < -0.4 is 5.32 Å². The van der Waals surface area contributed by atoms with Crippen LogP contribution in [0.5, 0.6) is 0 Å². The van der Waals surface area contributed by atoms with Crippen molar-refractivity contribution in [3.05, 3.63) is 33.8 Å². The maximum absolute atomic E-state index is 6.11. The summed E-state index contributed by atoms with van der Waals surface area (Å²) in [5.41, 5.74) is 0.972. The van der Waals surface area contributed by atoms with Crippen LogP contribution in [0, 0.1) is 0 Å². The minimum atomic E-state index is 0.352. The standard InChI is InChI=1S/C14H19Cl2NO/c1-17-12-3-5-13(6-4-12)18-9-10-8-11(15)2-7-14(10)16/h2,7-8,12-13,17H,3-6,9H2,1H3. The summed E-state index contributed by atoms with van der Waals surface area (Å²) in [6.07, 6.45) is 4.95. The monoisotopic (exact) mass is 287 g/mol. The van der Waals surface area contributed by atoms with Crippen molar-refractivity contribution in [2.75, 3.05) is 7.05 Å². The molecule has 100 valence electrons. The first-order valence-corrected chi connectivity index (χ1v) is 7.17. The lowest BCUT2D eigenvalue weighted by molar-refractivity contribution is 0.0119. The summed E-state index contributed by atoms with van der Waals surface area (Å²) in [5, 5.41) is 4.75. The average molecular weight is 288 g/mol. The van der Waals surface area contributed by atoms with Crippen LogP contribution in [0.25, 0.3) is 0 Å².